The van der Waals surface area contributed by atoms with Crippen molar-refractivity contribution in [2.75, 3.05) is 36.9 Å². The highest BCUT2D eigenvalue weighted by Gasteiger charge is 2.16. The molecule has 1 aliphatic rings. The van der Waals surface area contributed by atoms with E-state index >= 15 is 0 Å². The highest BCUT2D eigenvalue weighted by Crippen LogP contribution is 2.15. The van der Waals surface area contributed by atoms with E-state index in [1.807, 2.05) is 13.8 Å². The summed E-state index contributed by atoms with van der Waals surface area (Å²) >= 11 is 0. The first kappa shape index (κ1) is 15.3. The van der Waals surface area contributed by atoms with Gasteiger partial charge in [-0.2, -0.15) is 0 Å². The molecule has 6 nitrogen and oxygen atoms in total. The number of anilines is 2. The highest BCUT2D eigenvalue weighted by atomic mass is 16.5. The molecule has 0 spiro atoms. The van der Waals surface area contributed by atoms with Crippen LogP contribution in [0.15, 0.2) is 24.3 Å². The van der Waals surface area contributed by atoms with Crippen LogP contribution in [0, 0.1) is 5.92 Å². The van der Waals surface area contributed by atoms with Gasteiger partial charge in [-0.3, -0.25) is 4.79 Å². The van der Waals surface area contributed by atoms with E-state index in [1.54, 1.807) is 29.2 Å². The molecule has 1 aliphatic heterocycles. The van der Waals surface area contributed by atoms with Crippen LogP contribution >= 0.6 is 0 Å². The molecule has 0 radical (unpaired) electrons. The van der Waals surface area contributed by atoms with Gasteiger partial charge in [0, 0.05) is 30.4 Å². The van der Waals surface area contributed by atoms with Gasteiger partial charge in [0.2, 0.25) is 5.91 Å². The summed E-state index contributed by atoms with van der Waals surface area (Å²) in [5.74, 6) is -0.0918. The van der Waals surface area contributed by atoms with Gasteiger partial charge < -0.3 is 20.3 Å². The molecule has 21 heavy (non-hydrogen) atoms. The van der Waals surface area contributed by atoms with Crippen molar-refractivity contribution in [1.29, 1.82) is 0 Å². The molecule has 0 saturated carbocycles. The molecule has 2 rings (SSSR count). The monoisotopic (exact) mass is 291 g/mol. The summed E-state index contributed by atoms with van der Waals surface area (Å²) in [4.78, 5) is 25.3. The van der Waals surface area contributed by atoms with Gasteiger partial charge in [0.15, 0.2) is 0 Å². The first-order valence-electron chi connectivity index (χ1n) is 7.11. The highest BCUT2D eigenvalue weighted by molar-refractivity contribution is 5.93. The Morgan fingerprint density at radius 3 is 2.10 bits per heavy atom. The number of ether oxygens (including phenoxy) is 1. The number of amides is 3. The number of carbonyl (C=O) groups is 2. The second kappa shape index (κ2) is 7.08. The number of carbonyl (C=O) groups excluding carboxylic acids is 2. The number of urea groups is 1. The Balaban J connectivity index is 1.89. The lowest BCUT2D eigenvalue weighted by Crippen LogP contribution is -2.43. The minimum atomic E-state index is -0.128. The number of hydrogen-bond donors (Lipinski definition) is 2. The third-order valence-electron chi connectivity index (χ3n) is 3.23. The molecule has 1 fully saturated rings. The van der Waals surface area contributed by atoms with E-state index in [9.17, 15) is 9.59 Å². The molecule has 114 valence electrons. The van der Waals surface area contributed by atoms with Crippen molar-refractivity contribution in [3.8, 4) is 0 Å². The Morgan fingerprint density at radius 2 is 1.57 bits per heavy atom. The van der Waals surface area contributed by atoms with Gasteiger partial charge in [0.25, 0.3) is 0 Å². The molecule has 2 N–H and O–H groups in total. The summed E-state index contributed by atoms with van der Waals surface area (Å²) in [5, 5.41) is 5.64. The van der Waals surface area contributed by atoms with E-state index in [-0.39, 0.29) is 17.9 Å². The van der Waals surface area contributed by atoms with E-state index in [0.717, 1.165) is 5.69 Å². The van der Waals surface area contributed by atoms with Crippen molar-refractivity contribution >= 4 is 23.3 Å². The third kappa shape index (κ3) is 4.46. The van der Waals surface area contributed by atoms with Crippen LogP contribution in [0.5, 0.6) is 0 Å². The van der Waals surface area contributed by atoms with E-state index in [2.05, 4.69) is 10.6 Å². The molecule has 0 atom stereocenters. The van der Waals surface area contributed by atoms with Gasteiger partial charge in [-0.05, 0) is 24.3 Å². The second-order valence-electron chi connectivity index (χ2n) is 5.25. The Labute approximate surface area is 124 Å². The predicted octanol–water partition coefficient (Wildman–Crippen LogP) is 2.15. The van der Waals surface area contributed by atoms with Gasteiger partial charge in [-0.25, -0.2) is 4.79 Å². The fraction of sp³-hybridized carbons (Fsp3) is 0.467. The van der Waals surface area contributed by atoms with Crippen LogP contribution in [0.1, 0.15) is 13.8 Å². The van der Waals surface area contributed by atoms with Crippen LogP contribution in [0.2, 0.25) is 0 Å². The molecule has 0 aromatic heterocycles. The van der Waals surface area contributed by atoms with Crippen LogP contribution in [-0.2, 0) is 9.53 Å². The maximum absolute atomic E-state index is 12.0. The summed E-state index contributed by atoms with van der Waals surface area (Å²) in [6.07, 6.45) is 0. The molecule has 1 heterocycles. The van der Waals surface area contributed by atoms with Crippen molar-refractivity contribution in [3.05, 3.63) is 24.3 Å². The second-order valence-corrected chi connectivity index (χ2v) is 5.25. The van der Waals surface area contributed by atoms with E-state index < -0.39 is 0 Å². The minimum absolute atomic E-state index is 0.0277. The zero-order valence-electron chi connectivity index (χ0n) is 12.4. The fourth-order valence-electron chi connectivity index (χ4n) is 1.89. The Bertz CT molecular complexity index is 493. The molecule has 0 unspecified atom stereocenters. The minimum Gasteiger partial charge on any atom is -0.378 e. The van der Waals surface area contributed by atoms with Crippen molar-refractivity contribution in [2.45, 2.75) is 13.8 Å². The van der Waals surface area contributed by atoms with E-state index in [4.69, 9.17) is 4.74 Å². The van der Waals surface area contributed by atoms with Crippen molar-refractivity contribution in [1.82, 2.24) is 4.90 Å². The first-order chi connectivity index (χ1) is 10.1. The Morgan fingerprint density at radius 1 is 1.05 bits per heavy atom. The van der Waals surface area contributed by atoms with Crippen LogP contribution in [0.25, 0.3) is 0 Å². The Kier molecular flexibility index (Phi) is 5.16. The van der Waals surface area contributed by atoms with Crippen molar-refractivity contribution in [2.24, 2.45) is 5.92 Å². The fourth-order valence-corrected chi connectivity index (χ4v) is 1.89. The quantitative estimate of drug-likeness (QED) is 0.896. The topological polar surface area (TPSA) is 70.7 Å². The molecule has 0 bridgehead atoms. The first-order valence-corrected chi connectivity index (χ1v) is 7.11. The van der Waals surface area contributed by atoms with Crippen LogP contribution in [0.3, 0.4) is 0 Å². The van der Waals surface area contributed by atoms with Gasteiger partial charge in [0.05, 0.1) is 13.2 Å². The summed E-state index contributed by atoms with van der Waals surface area (Å²) in [6.45, 7) is 6.04. The average molecular weight is 291 g/mol. The lowest BCUT2D eigenvalue weighted by Gasteiger charge is -2.26. The molecule has 1 aromatic carbocycles. The molecular formula is C15H21N3O3. The summed E-state index contributed by atoms with van der Waals surface area (Å²) in [5.41, 5.74) is 1.42. The van der Waals surface area contributed by atoms with E-state index in [1.165, 1.54) is 0 Å². The average Bonchev–Trinajstić information content (AvgIpc) is 2.50. The number of benzene rings is 1. The number of nitrogens with one attached hydrogen (secondary N) is 2. The van der Waals surface area contributed by atoms with Crippen LogP contribution in [0.4, 0.5) is 16.2 Å². The SMILES string of the molecule is CC(C)C(=O)Nc1ccc(NC(=O)N2CCOCC2)cc1. The maximum Gasteiger partial charge on any atom is 0.321 e. The van der Waals surface area contributed by atoms with Gasteiger partial charge >= 0.3 is 6.03 Å². The van der Waals surface area contributed by atoms with Crippen LogP contribution < -0.4 is 10.6 Å². The maximum atomic E-state index is 12.0. The van der Waals surface area contributed by atoms with E-state index in [0.29, 0.717) is 32.0 Å². The normalized spacial score (nSPS) is 14.9. The van der Waals surface area contributed by atoms with Gasteiger partial charge in [-0.1, -0.05) is 13.8 Å². The van der Waals surface area contributed by atoms with Gasteiger partial charge in [0.1, 0.15) is 0 Å². The van der Waals surface area contributed by atoms with Crippen molar-refractivity contribution < 1.29 is 14.3 Å². The number of hydrogen-bond acceptors (Lipinski definition) is 3. The lowest BCUT2D eigenvalue weighted by atomic mass is 10.2. The standard InChI is InChI=1S/C15H21N3O3/c1-11(2)14(19)16-12-3-5-13(6-4-12)17-15(20)18-7-9-21-10-8-18/h3-6,11H,7-10H2,1-2H3,(H,16,19)(H,17,20). The molecule has 1 aromatic rings. The molecule has 1 saturated heterocycles. The zero-order chi connectivity index (χ0) is 15.2. The lowest BCUT2D eigenvalue weighted by molar-refractivity contribution is -0.118. The summed E-state index contributed by atoms with van der Waals surface area (Å²) in [7, 11) is 0. The van der Waals surface area contributed by atoms with Crippen molar-refractivity contribution in [3.63, 3.8) is 0 Å². The summed E-state index contributed by atoms with van der Waals surface area (Å²) < 4.78 is 5.21. The third-order valence-corrected chi connectivity index (χ3v) is 3.23. The molecular weight excluding hydrogens is 270 g/mol. The largest absolute Gasteiger partial charge is 0.378 e. The predicted molar refractivity (Wildman–Crippen MR) is 81.3 cm³/mol. The molecule has 6 heteroatoms. The molecule has 0 aliphatic carbocycles. The molecule has 3 amide bonds. The van der Waals surface area contributed by atoms with Gasteiger partial charge in [-0.15, -0.1) is 0 Å². The smallest absolute Gasteiger partial charge is 0.321 e. The number of nitrogens with zero attached hydrogens (tertiary/aromatic N) is 1. The number of morpholine rings is 1. The Hall–Kier alpha value is -2.08. The van der Waals surface area contributed by atoms with Crippen LogP contribution in [-0.4, -0.2) is 43.1 Å². The number of rotatable bonds is 3. The summed E-state index contributed by atoms with van der Waals surface area (Å²) in [6, 6.07) is 6.96. The zero-order valence-corrected chi connectivity index (χ0v) is 12.4.